The van der Waals surface area contributed by atoms with Crippen molar-refractivity contribution in [3.8, 4) is 5.75 Å². The Labute approximate surface area is 192 Å². The molecule has 1 fully saturated rings. The summed E-state index contributed by atoms with van der Waals surface area (Å²) in [6, 6.07) is 7.00. The lowest BCUT2D eigenvalue weighted by Gasteiger charge is -2.22. The van der Waals surface area contributed by atoms with E-state index in [2.05, 4.69) is 25.3 Å². The average molecular weight is 535 g/mol. The minimum Gasteiger partial charge on any atom is -0.444 e. The number of para-hydroxylation sites is 2. The number of hydrogen-bond donors (Lipinski definition) is 2. The zero-order valence-corrected chi connectivity index (χ0v) is 19.7. The molecule has 10 heteroatoms. The molecule has 0 spiro atoms. The fourth-order valence-corrected chi connectivity index (χ4v) is 3.28. The van der Waals surface area contributed by atoms with Gasteiger partial charge >= 0.3 is 6.61 Å². The summed E-state index contributed by atoms with van der Waals surface area (Å²) in [5, 5.41) is 6.63. The van der Waals surface area contributed by atoms with Crippen LogP contribution in [-0.4, -0.2) is 43.2 Å². The maximum absolute atomic E-state index is 12.7. The Bertz CT molecular complexity index is 827. The maximum Gasteiger partial charge on any atom is 0.387 e. The van der Waals surface area contributed by atoms with Crippen molar-refractivity contribution in [3.63, 3.8) is 0 Å². The molecule has 0 amide bonds. The molecule has 0 bridgehead atoms. The number of aromatic nitrogens is 1. The van der Waals surface area contributed by atoms with Gasteiger partial charge in [-0.05, 0) is 39.3 Å². The van der Waals surface area contributed by atoms with Gasteiger partial charge in [-0.15, -0.1) is 24.0 Å². The molecule has 0 saturated carbocycles. The maximum atomic E-state index is 12.7. The molecule has 7 nitrogen and oxygen atoms in total. The van der Waals surface area contributed by atoms with E-state index in [1.54, 1.807) is 18.2 Å². The first-order chi connectivity index (χ1) is 14.0. The molecule has 3 rings (SSSR count). The number of rotatable bonds is 7. The van der Waals surface area contributed by atoms with Gasteiger partial charge in [0.05, 0.1) is 11.4 Å². The van der Waals surface area contributed by atoms with E-state index in [0.29, 0.717) is 30.6 Å². The second-order valence-electron chi connectivity index (χ2n) is 6.87. The van der Waals surface area contributed by atoms with Gasteiger partial charge in [-0.1, -0.05) is 12.1 Å². The Balaban J connectivity index is 0.00000320. The summed E-state index contributed by atoms with van der Waals surface area (Å²) in [5.74, 6) is 2.23. The summed E-state index contributed by atoms with van der Waals surface area (Å²) in [7, 11) is 0. The summed E-state index contributed by atoms with van der Waals surface area (Å²) < 4.78 is 35.6. The van der Waals surface area contributed by atoms with Crippen LogP contribution in [0.1, 0.15) is 30.7 Å². The predicted octanol–water partition coefficient (Wildman–Crippen LogP) is 3.84. The van der Waals surface area contributed by atoms with Crippen LogP contribution >= 0.6 is 24.0 Å². The SMILES string of the molecule is CCNC(=NCc1nc(C)c(C)o1)NC1CCN(c2ccccc2OC(F)F)C1.I. The molecule has 2 heterocycles. The van der Waals surface area contributed by atoms with Crippen LogP contribution in [0, 0.1) is 13.8 Å². The first-order valence-corrected chi connectivity index (χ1v) is 9.72. The molecule has 30 heavy (non-hydrogen) atoms. The molecule has 1 aromatic heterocycles. The lowest BCUT2D eigenvalue weighted by Crippen LogP contribution is -2.44. The van der Waals surface area contributed by atoms with Crippen molar-refractivity contribution >= 4 is 35.6 Å². The standard InChI is InChI=1S/C20H27F2N5O2.HI/c1-4-23-20(24-11-18-25-13(2)14(3)28-18)26-15-9-10-27(12-15)16-7-5-6-8-17(16)29-19(21)22;/h5-8,15,19H,4,9-12H2,1-3H3,(H2,23,24,26);1H. The number of hydrogen-bond acceptors (Lipinski definition) is 5. The predicted molar refractivity (Wildman–Crippen MR) is 123 cm³/mol. The number of halogens is 3. The van der Waals surface area contributed by atoms with E-state index in [4.69, 9.17) is 4.42 Å². The first-order valence-electron chi connectivity index (χ1n) is 9.72. The molecule has 166 valence electrons. The molecule has 1 atom stereocenters. The lowest BCUT2D eigenvalue weighted by atomic mass is 10.2. The van der Waals surface area contributed by atoms with Gasteiger partial charge in [0.25, 0.3) is 0 Å². The van der Waals surface area contributed by atoms with Crippen molar-refractivity contribution in [2.45, 2.75) is 46.4 Å². The summed E-state index contributed by atoms with van der Waals surface area (Å²) in [6.07, 6.45) is 0.852. The van der Waals surface area contributed by atoms with E-state index in [-0.39, 0.29) is 35.8 Å². The zero-order valence-electron chi connectivity index (χ0n) is 17.3. The highest BCUT2D eigenvalue weighted by Crippen LogP contribution is 2.31. The van der Waals surface area contributed by atoms with Crippen molar-refractivity contribution < 1.29 is 17.9 Å². The number of nitrogens with one attached hydrogen (secondary N) is 2. The Morgan fingerprint density at radius 1 is 1.37 bits per heavy atom. The van der Waals surface area contributed by atoms with Crippen molar-refractivity contribution in [2.24, 2.45) is 4.99 Å². The van der Waals surface area contributed by atoms with Crippen LogP contribution in [0.25, 0.3) is 0 Å². The molecule has 0 aliphatic carbocycles. The molecular weight excluding hydrogens is 507 g/mol. The molecule has 1 aliphatic heterocycles. The van der Waals surface area contributed by atoms with Crippen LogP contribution in [0.4, 0.5) is 14.5 Å². The van der Waals surface area contributed by atoms with Crippen LogP contribution in [0.2, 0.25) is 0 Å². The number of aryl methyl sites for hydroxylation is 2. The van der Waals surface area contributed by atoms with Crippen LogP contribution in [0.3, 0.4) is 0 Å². The van der Waals surface area contributed by atoms with Gasteiger partial charge in [0, 0.05) is 25.7 Å². The largest absolute Gasteiger partial charge is 0.444 e. The van der Waals surface area contributed by atoms with E-state index in [1.165, 1.54) is 0 Å². The highest BCUT2D eigenvalue weighted by molar-refractivity contribution is 14.0. The van der Waals surface area contributed by atoms with E-state index in [9.17, 15) is 8.78 Å². The molecule has 2 N–H and O–H groups in total. The highest BCUT2D eigenvalue weighted by atomic mass is 127. The molecule has 2 aromatic rings. The molecule has 1 aliphatic rings. The third-order valence-corrected chi connectivity index (χ3v) is 4.74. The summed E-state index contributed by atoms with van der Waals surface area (Å²) >= 11 is 0. The monoisotopic (exact) mass is 535 g/mol. The number of benzene rings is 1. The van der Waals surface area contributed by atoms with Crippen LogP contribution in [-0.2, 0) is 6.54 Å². The number of anilines is 1. The number of guanidine groups is 1. The molecule has 1 unspecified atom stereocenters. The quantitative estimate of drug-likeness (QED) is 0.319. The number of ether oxygens (including phenoxy) is 1. The summed E-state index contributed by atoms with van der Waals surface area (Å²) in [6.45, 7) is 5.38. The fraction of sp³-hybridized carbons (Fsp3) is 0.500. The second-order valence-corrected chi connectivity index (χ2v) is 6.87. The number of alkyl halides is 2. The number of aliphatic imine (C=N–C) groups is 1. The molecule has 0 radical (unpaired) electrons. The second kappa shape index (κ2) is 11.3. The van der Waals surface area contributed by atoms with Crippen molar-refractivity contribution in [1.29, 1.82) is 0 Å². The summed E-state index contributed by atoms with van der Waals surface area (Å²) in [4.78, 5) is 10.9. The average Bonchev–Trinajstić information content (AvgIpc) is 3.26. The number of nitrogens with zero attached hydrogens (tertiary/aromatic N) is 3. The van der Waals surface area contributed by atoms with Gasteiger partial charge in [-0.25, -0.2) is 9.98 Å². The van der Waals surface area contributed by atoms with Crippen molar-refractivity contribution in [3.05, 3.63) is 41.6 Å². The minimum atomic E-state index is -2.84. The van der Waals surface area contributed by atoms with Gasteiger partial charge in [0.15, 0.2) is 5.96 Å². The van der Waals surface area contributed by atoms with Crippen LogP contribution in [0.15, 0.2) is 33.7 Å². The highest BCUT2D eigenvalue weighted by Gasteiger charge is 2.26. The van der Waals surface area contributed by atoms with Gasteiger partial charge in [-0.3, -0.25) is 0 Å². The normalized spacial score (nSPS) is 16.5. The summed E-state index contributed by atoms with van der Waals surface area (Å²) in [5.41, 5.74) is 1.54. The van der Waals surface area contributed by atoms with Gasteiger partial charge in [0.1, 0.15) is 18.1 Å². The zero-order chi connectivity index (χ0) is 20.8. The molecule has 1 aromatic carbocycles. The van der Waals surface area contributed by atoms with Gasteiger partial charge in [-0.2, -0.15) is 8.78 Å². The topological polar surface area (TPSA) is 74.9 Å². The van der Waals surface area contributed by atoms with Crippen molar-refractivity contribution in [1.82, 2.24) is 15.6 Å². The van der Waals surface area contributed by atoms with Crippen LogP contribution in [0.5, 0.6) is 5.75 Å². The van der Waals surface area contributed by atoms with E-state index >= 15 is 0 Å². The van der Waals surface area contributed by atoms with Gasteiger partial charge < -0.3 is 24.7 Å². The Morgan fingerprint density at radius 2 is 2.13 bits per heavy atom. The lowest BCUT2D eigenvalue weighted by molar-refractivity contribution is -0.0495. The smallest absolute Gasteiger partial charge is 0.387 e. The van der Waals surface area contributed by atoms with E-state index < -0.39 is 6.61 Å². The Hall–Kier alpha value is -2.11. The van der Waals surface area contributed by atoms with Crippen LogP contribution < -0.4 is 20.3 Å². The Morgan fingerprint density at radius 3 is 2.80 bits per heavy atom. The van der Waals surface area contributed by atoms with E-state index in [0.717, 1.165) is 31.0 Å². The fourth-order valence-electron chi connectivity index (χ4n) is 3.28. The first kappa shape index (κ1) is 24.2. The van der Waals surface area contributed by atoms with Crippen molar-refractivity contribution in [2.75, 3.05) is 24.5 Å². The third-order valence-electron chi connectivity index (χ3n) is 4.74. The van der Waals surface area contributed by atoms with E-state index in [1.807, 2.05) is 31.7 Å². The molecular formula is C20H28F2IN5O2. The molecule has 1 saturated heterocycles. The van der Waals surface area contributed by atoms with Gasteiger partial charge in [0.2, 0.25) is 5.89 Å². The minimum absolute atomic E-state index is 0. The number of oxazole rings is 1. The Kier molecular flexibility index (Phi) is 9.12. The third kappa shape index (κ3) is 6.44.